The van der Waals surface area contributed by atoms with Gasteiger partial charge in [0, 0.05) is 0 Å². The Hall–Kier alpha value is -1.94. The third-order valence-electron chi connectivity index (χ3n) is 3.75. The van der Waals surface area contributed by atoms with E-state index in [0.29, 0.717) is 17.6 Å². The highest BCUT2D eigenvalue weighted by atomic mass is 16.3. The van der Waals surface area contributed by atoms with Crippen LogP contribution in [0, 0.1) is 11.8 Å². The van der Waals surface area contributed by atoms with Gasteiger partial charge in [-0.25, -0.2) is 0 Å². The Morgan fingerprint density at radius 3 is 1.81 bits per heavy atom. The molecule has 21 heavy (non-hydrogen) atoms. The summed E-state index contributed by atoms with van der Waals surface area (Å²) in [5, 5.41) is 10.4. The van der Waals surface area contributed by atoms with Gasteiger partial charge in [0.05, 0.1) is 0 Å². The summed E-state index contributed by atoms with van der Waals surface area (Å²) in [5.41, 5.74) is 7.71. The highest BCUT2D eigenvalue weighted by molar-refractivity contribution is 5.40. The lowest BCUT2D eigenvalue weighted by Crippen LogP contribution is -1.98. The second kappa shape index (κ2) is 9.08. The van der Waals surface area contributed by atoms with E-state index in [1.165, 1.54) is 0 Å². The molecule has 0 bridgehead atoms. The topological polar surface area (TPSA) is 20.2 Å². The van der Waals surface area contributed by atoms with Crippen molar-refractivity contribution in [3.8, 4) is 5.75 Å². The van der Waals surface area contributed by atoms with Crippen molar-refractivity contribution in [2.24, 2.45) is 11.8 Å². The number of aryl methyl sites for hydroxylation is 2. The van der Waals surface area contributed by atoms with Gasteiger partial charge in [-0.2, -0.15) is 0 Å². The molecule has 0 spiro atoms. The zero-order valence-electron chi connectivity index (χ0n) is 13.2. The third kappa shape index (κ3) is 5.92. The summed E-state index contributed by atoms with van der Waals surface area (Å²) in [5.74, 6) is 1.33. The van der Waals surface area contributed by atoms with E-state index in [4.69, 9.17) is 0 Å². The van der Waals surface area contributed by atoms with Crippen LogP contribution in [0.4, 0.5) is 0 Å². The minimum Gasteiger partial charge on any atom is -0.507 e. The van der Waals surface area contributed by atoms with Gasteiger partial charge in [-0.3, -0.25) is 0 Å². The van der Waals surface area contributed by atoms with Crippen LogP contribution in [0.5, 0.6) is 5.75 Å². The number of hydrogen-bond acceptors (Lipinski definition) is 1. The van der Waals surface area contributed by atoms with Crippen LogP contribution in [0.1, 0.15) is 37.8 Å². The fraction of sp³-hybridized carbons (Fsp3) is 0.400. The van der Waals surface area contributed by atoms with Gasteiger partial charge in [0.25, 0.3) is 0 Å². The van der Waals surface area contributed by atoms with Crippen LogP contribution in [0.3, 0.4) is 0 Å². The van der Waals surface area contributed by atoms with Crippen LogP contribution >= 0.6 is 0 Å². The molecule has 0 aliphatic carbocycles. The molecule has 1 aromatic carbocycles. The SMILES string of the molecule is C=C=CC(C)CCc1cccc(CCC(C)C=C=C)c1O. The number of benzene rings is 1. The molecule has 0 saturated heterocycles. The van der Waals surface area contributed by atoms with Crippen molar-refractivity contribution in [2.75, 3.05) is 0 Å². The molecule has 2 unspecified atom stereocenters. The Kier molecular flexibility index (Phi) is 7.40. The van der Waals surface area contributed by atoms with E-state index in [1.54, 1.807) is 0 Å². The monoisotopic (exact) mass is 282 g/mol. The van der Waals surface area contributed by atoms with Gasteiger partial charge in [0.2, 0.25) is 0 Å². The quantitative estimate of drug-likeness (QED) is 0.649. The molecule has 112 valence electrons. The van der Waals surface area contributed by atoms with E-state index in [0.717, 1.165) is 36.8 Å². The van der Waals surface area contributed by atoms with Gasteiger partial charge in [0.15, 0.2) is 0 Å². The minimum atomic E-state index is 0.434. The summed E-state index contributed by atoms with van der Waals surface area (Å²) in [6.45, 7) is 11.5. The molecular weight excluding hydrogens is 256 g/mol. The highest BCUT2D eigenvalue weighted by Crippen LogP contribution is 2.27. The van der Waals surface area contributed by atoms with Crippen LogP contribution in [-0.2, 0) is 12.8 Å². The average Bonchev–Trinajstić information content (AvgIpc) is 2.45. The maximum Gasteiger partial charge on any atom is 0.121 e. The van der Waals surface area contributed by atoms with Gasteiger partial charge >= 0.3 is 0 Å². The van der Waals surface area contributed by atoms with Gasteiger partial charge in [0.1, 0.15) is 5.75 Å². The fourth-order valence-electron chi connectivity index (χ4n) is 2.38. The summed E-state index contributed by atoms with van der Waals surface area (Å²) in [7, 11) is 0. The van der Waals surface area contributed by atoms with Crippen LogP contribution < -0.4 is 0 Å². The molecule has 0 aliphatic rings. The molecule has 1 nitrogen and oxygen atoms in total. The Bertz CT molecular complexity index is 497. The number of allylic oxidation sites excluding steroid dienone is 2. The van der Waals surface area contributed by atoms with Crippen molar-refractivity contribution in [1.82, 2.24) is 0 Å². The van der Waals surface area contributed by atoms with Crippen molar-refractivity contribution < 1.29 is 5.11 Å². The zero-order valence-corrected chi connectivity index (χ0v) is 13.2. The maximum absolute atomic E-state index is 10.4. The van der Waals surface area contributed by atoms with E-state index in [1.807, 2.05) is 30.4 Å². The van der Waals surface area contributed by atoms with E-state index in [-0.39, 0.29) is 0 Å². The van der Waals surface area contributed by atoms with E-state index in [9.17, 15) is 5.11 Å². The molecule has 0 radical (unpaired) electrons. The molecule has 1 N–H and O–H groups in total. The third-order valence-corrected chi connectivity index (χ3v) is 3.75. The zero-order chi connectivity index (χ0) is 15.7. The number of phenols is 1. The van der Waals surface area contributed by atoms with E-state index in [2.05, 4.69) is 38.5 Å². The van der Waals surface area contributed by atoms with E-state index < -0.39 is 0 Å². The Morgan fingerprint density at radius 2 is 1.43 bits per heavy atom. The molecule has 0 amide bonds. The molecule has 1 rings (SSSR count). The maximum atomic E-state index is 10.4. The first-order valence-electron chi connectivity index (χ1n) is 7.60. The first kappa shape index (κ1) is 17.1. The number of phenolic OH excluding ortho intramolecular Hbond substituents is 1. The normalized spacial score (nSPS) is 12.9. The van der Waals surface area contributed by atoms with Crippen molar-refractivity contribution in [3.63, 3.8) is 0 Å². The minimum absolute atomic E-state index is 0.434. The Balaban J connectivity index is 2.69. The number of aromatic hydroxyl groups is 1. The number of hydrogen-bond donors (Lipinski definition) is 1. The van der Waals surface area contributed by atoms with E-state index >= 15 is 0 Å². The number of rotatable bonds is 8. The van der Waals surface area contributed by atoms with Crippen LogP contribution in [-0.4, -0.2) is 5.11 Å². The van der Waals surface area contributed by atoms with Gasteiger partial charge in [-0.05, 0) is 60.8 Å². The van der Waals surface area contributed by atoms with Crippen LogP contribution in [0.25, 0.3) is 0 Å². The molecular formula is C20H26O. The average molecular weight is 282 g/mol. The lowest BCUT2D eigenvalue weighted by molar-refractivity contribution is 0.455. The lowest BCUT2D eigenvalue weighted by Gasteiger charge is -2.12. The Morgan fingerprint density at radius 1 is 1.00 bits per heavy atom. The molecule has 0 aromatic heterocycles. The lowest BCUT2D eigenvalue weighted by atomic mass is 9.95. The smallest absolute Gasteiger partial charge is 0.121 e. The molecule has 2 atom stereocenters. The first-order chi connectivity index (χ1) is 10.1. The van der Waals surface area contributed by atoms with Crippen molar-refractivity contribution >= 4 is 0 Å². The first-order valence-corrected chi connectivity index (χ1v) is 7.60. The molecule has 1 aromatic rings. The van der Waals surface area contributed by atoms with Crippen LogP contribution in [0.15, 0.2) is 55.0 Å². The summed E-state index contributed by atoms with van der Waals surface area (Å²) < 4.78 is 0. The van der Waals surface area contributed by atoms with Crippen molar-refractivity contribution in [2.45, 2.75) is 39.5 Å². The predicted octanol–water partition coefficient (Wildman–Crippen LogP) is 5.21. The summed E-state index contributed by atoms with van der Waals surface area (Å²) in [6, 6.07) is 6.05. The van der Waals surface area contributed by atoms with Gasteiger partial charge in [-0.15, -0.1) is 11.5 Å². The predicted molar refractivity (Wildman–Crippen MR) is 90.5 cm³/mol. The van der Waals surface area contributed by atoms with Gasteiger partial charge in [-0.1, -0.05) is 45.2 Å². The molecule has 0 fully saturated rings. The molecule has 0 aliphatic heterocycles. The highest BCUT2D eigenvalue weighted by Gasteiger charge is 2.09. The Labute approximate surface area is 129 Å². The summed E-state index contributed by atoms with van der Waals surface area (Å²) >= 11 is 0. The number of para-hydroxylation sites is 1. The largest absolute Gasteiger partial charge is 0.507 e. The van der Waals surface area contributed by atoms with Crippen molar-refractivity contribution in [1.29, 1.82) is 0 Å². The van der Waals surface area contributed by atoms with Crippen molar-refractivity contribution in [3.05, 3.63) is 66.1 Å². The van der Waals surface area contributed by atoms with Gasteiger partial charge < -0.3 is 5.11 Å². The standard InChI is InChI=1S/C20H26O/c1-5-8-16(3)12-14-18-10-7-11-19(20(18)21)15-13-17(4)9-6-2/h7-11,16-17,21H,1-2,12-15H2,3-4H3. The molecule has 1 heteroatoms. The molecule has 0 saturated carbocycles. The summed E-state index contributed by atoms with van der Waals surface area (Å²) in [4.78, 5) is 0. The second-order valence-corrected chi connectivity index (χ2v) is 5.70. The second-order valence-electron chi connectivity index (χ2n) is 5.70. The van der Waals surface area contributed by atoms with Crippen LogP contribution in [0.2, 0.25) is 0 Å². The fourth-order valence-corrected chi connectivity index (χ4v) is 2.38. The molecule has 0 heterocycles. The summed E-state index contributed by atoms with van der Waals surface area (Å²) in [6.07, 6.45) is 7.70.